The quantitative estimate of drug-likeness (QED) is 0.921. The number of ether oxygens (including phenoxy) is 2. The second-order valence-electron chi connectivity index (χ2n) is 6.42. The van der Waals surface area contributed by atoms with Crippen molar-refractivity contribution in [2.45, 2.75) is 32.2 Å². The van der Waals surface area contributed by atoms with E-state index in [4.69, 9.17) is 9.47 Å². The van der Waals surface area contributed by atoms with E-state index < -0.39 is 6.10 Å². The molecular weight excluding hydrogens is 290 g/mol. The van der Waals surface area contributed by atoms with Gasteiger partial charge in [0.05, 0.1) is 12.2 Å². The monoisotopic (exact) mass is 315 g/mol. The highest BCUT2D eigenvalue weighted by molar-refractivity contribution is 5.88. The van der Waals surface area contributed by atoms with Gasteiger partial charge in [0, 0.05) is 25.0 Å². The first-order valence-corrected chi connectivity index (χ1v) is 8.28. The molecule has 0 saturated carbocycles. The van der Waals surface area contributed by atoms with Gasteiger partial charge in [0.1, 0.15) is 18.5 Å². The van der Waals surface area contributed by atoms with E-state index in [2.05, 4.69) is 30.9 Å². The van der Waals surface area contributed by atoms with Crippen molar-refractivity contribution in [1.29, 1.82) is 0 Å². The molecule has 4 nitrogen and oxygen atoms in total. The Kier molecular flexibility index (Phi) is 5.16. The lowest BCUT2D eigenvalue weighted by Gasteiger charge is -2.36. The molecule has 0 radical (unpaired) electrons. The molecule has 3 rings (SSSR count). The third-order valence-electron chi connectivity index (χ3n) is 4.15. The molecule has 1 heterocycles. The van der Waals surface area contributed by atoms with Crippen LogP contribution >= 0.6 is 0 Å². The summed E-state index contributed by atoms with van der Waals surface area (Å²) < 4.78 is 11.6. The first kappa shape index (κ1) is 16.2. The Balaban J connectivity index is 1.57. The third kappa shape index (κ3) is 4.22. The second-order valence-corrected chi connectivity index (χ2v) is 6.42. The normalized spacial score (nSPS) is 23.8. The van der Waals surface area contributed by atoms with Gasteiger partial charge in [0.15, 0.2) is 0 Å². The van der Waals surface area contributed by atoms with Gasteiger partial charge in [-0.2, -0.15) is 0 Å². The average Bonchev–Trinajstić information content (AvgIpc) is 2.52. The summed E-state index contributed by atoms with van der Waals surface area (Å²) in [6.45, 7) is 6.77. The molecule has 124 valence electrons. The van der Waals surface area contributed by atoms with Crippen LogP contribution < -0.4 is 4.74 Å². The Bertz CT molecular complexity index is 630. The zero-order valence-electron chi connectivity index (χ0n) is 13.8. The van der Waals surface area contributed by atoms with Crippen molar-refractivity contribution in [1.82, 2.24) is 4.90 Å². The molecule has 0 aromatic heterocycles. The SMILES string of the molecule is C[C@@H]1CN(C[C@@H](O)COc2cccc3ccccc23)C[C@@H](C)O1. The van der Waals surface area contributed by atoms with Crippen LogP contribution in [0.5, 0.6) is 5.75 Å². The fraction of sp³-hybridized carbons (Fsp3) is 0.474. The summed E-state index contributed by atoms with van der Waals surface area (Å²) in [5.41, 5.74) is 0. The number of nitrogens with zero attached hydrogens (tertiary/aromatic N) is 1. The van der Waals surface area contributed by atoms with E-state index in [1.807, 2.05) is 30.3 Å². The fourth-order valence-corrected chi connectivity index (χ4v) is 3.29. The minimum Gasteiger partial charge on any atom is -0.490 e. The van der Waals surface area contributed by atoms with Crippen molar-refractivity contribution in [3.8, 4) is 5.75 Å². The van der Waals surface area contributed by atoms with E-state index in [9.17, 15) is 5.11 Å². The van der Waals surface area contributed by atoms with Gasteiger partial charge in [-0.1, -0.05) is 36.4 Å². The van der Waals surface area contributed by atoms with E-state index in [1.165, 1.54) is 0 Å². The van der Waals surface area contributed by atoms with Crippen LogP contribution in [0.15, 0.2) is 42.5 Å². The van der Waals surface area contributed by atoms with Crippen LogP contribution in [0.2, 0.25) is 0 Å². The van der Waals surface area contributed by atoms with Crippen LogP contribution in [0.1, 0.15) is 13.8 Å². The summed E-state index contributed by atoms with van der Waals surface area (Å²) in [7, 11) is 0. The molecule has 0 unspecified atom stereocenters. The molecule has 0 bridgehead atoms. The number of benzene rings is 2. The number of morpholine rings is 1. The van der Waals surface area contributed by atoms with Crippen LogP contribution in [0, 0.1) is 0 Å². The number of β-amino-alcohol motifs (C(OH)–C–C–N with tert-alkyl or cyclic N) is 1. The topological polar surface area (TPSA) is 41.9 Å². The van der Waals surface area contributed by atoms with Gasteiger partial charge in [0.2, 0.25) is 0 Å². The largest absolute Gasteiger partial charge is 0.490 e. The maximum atomic E-state index is 10.3. The Morgan fingerprint density at radius 2 is 1.83 bits per heavy atom. The minimum absolute atomic E-state index is 0.213. The van der Waals surface area contributed by atoms with Gasteiger partial charge >= 0.3 is 0 Å². The lowest BCUT2D eigenvalue weighted by atomic mass is 10.1. The standard InChI is InChI=1S/C19H25NO3/c1-14-10-20(11-15(2)23-14)12-17(21)13-22-19-9-5-7-16-6-3-4-8-18(16)19/h3-9,14-15,17,21H,10-13H2,1-2H3/t14-,15-,17-/m1/s1. The predicted octanol–water partition coefficient (Wildman–Crippen LogP) is 2.69. The number of hydrogen-bond donors (Lipinski definition) is 1. The molecule has 1 saturated heterocycles. The summed E-state index contributed by atoms with van der Waals surface area (Å²) in [5, 5.41) is 12.5. The molecule has 0 spiro atoms. The van der Waals surface area contributed by atoms with Gasteiger partial charge in [-0.3, -0.25) is 4.90 Å². The lowest BCUT2D eigenvalue weighted by molar-refractivity contribution is -0.0786. The van der Waals surface area contributed by atoms with E-state index in [0.29, 0.717) is 13.2 Å². The highest BCUT2D eigenvalue weighted by atomic mass is 16.5. The lowest BCUT2D eigenvalue weighted by Crippen LogP contribution is -2.48. The van der Waals surface area contributed by atoms with Crippen LogP contribution in [0.4, 0.5) is 0 Å². The zero-order chi connectivity index (χ0) is 16.2. The first-order valence-electron chi connectivity index (χ1n) is 8.28. The van der Waals surface area contributed by atoms with Gasteiger partial charge in [-0.25, -0.2) is 0 Å². The predicted molar refractivity (Wildman–Crippen MR) is 91.9 cm³/mol. The maximum Gasteiger partial charge on any atom is 0.127 e. The summed E-state index contributed by atoms with van der Waals surface area (Å²) in [6, 6.07) is 14.1. The van der Waals surface area contributed by atoms with Crippen LogP contribution in [-0.4, -0.2) is 54.6 Å². The minimum atomic E-state index is -0.508. The zero-order valence-corrected chi connectivity index (χ0v) is 13.8. The molecule has 4 heteroatoms. The molecule has 1 aliphatic rings. The molecule has 1 fully saturated rings. The van der Waals surface area contributed by atoms with E-state index >= 15 is 0 Å². The molecule has 2 aromatic carbocycles. The summed E-state index contributed by atoms with van der Waals surface area (Å²) in [6.07, 6.45) is -0.0821. The number of hydrogen-bond acceptors (Lipinski definition) is 4. The van der Waals surface area contributed by atoms with Crippen molar-refractivity contribution in [3.05, 3.63) is 42.5 Å². The number of fused-ring (bicyclic) bond motifs is 1. The first-order chi connectivity index (χ1) is 11.1. The highest BCUT2D eigenvalue weighted by Gasteiger charge is 2.24. The Labute approximate surface area is 137 Å². The summed E-state index contributed by atoms with van der Waals surface area (Å²) in [5.74, 6) is 0.825. The molecule has 23 heavy (non-hydrogen) atoms. The summed E-state index contributed by atoms with van der Waals surface area (Å²) in [4.78, 5) is 2.25. The highest BCUT2D eigenvalue weighted by Crippen LogP contribution is 2.25. The molecule has 0 aliphatic carbocycles. The fourth-order valence-electron chi connectivity index (χ4n) is 3.29. The molecule has 2 aromatic rings. The number of aliphatic hydroxyl groups is 1. The molecule has 0 amide bonds. The van der Waals surface area contributed by atoms with Gasteiger partial charge in [0.25, 0.3) is 0 Å². The smallest absolute Gasteiger partial charge is 0.127 e. The van der Waals surface area contributed by atoms with Gasteiger partial charge in [-0.15, -0.1) is 0 Å². The van der Waals surface area contributed by atoms with Gasteiger partial charge < -0.3 is 14.6 Å². The number of rotatable bonds is 5. The van der Waals surface area contributed by atoms with E-state index in [1.54, 1.807) is 0 Å². The Hall–Kier alpha value is -1.62. The van der Waals surface area contributed by atoms with Gasteiger partial charge in [-0.05, 0) is 25.3 Å². The Morgan fingerprint density at radius 1 is 1.13 bits per heavy atom. The molecule has 3 atom stereocenters. The second kappa shape index (κ2) is 7.30. The van der Waals surface area contributed by atoms with Crippen molar-refractivity contribution < 1.29 is 14.6 Å². The van der Waals surface area contributed by atoms with Crippen molar-refractivity contribution >= 4 is 10.8 Å². The van der Waals surface area contributed by atoms with E-state index in [0.717, 1.165) is 29.6 Å². The van der Waals surface area contributed by atoms with Crippen LogP contribution in [0.25, 0.3) is 10.8 Å². The molecule has 1 N–H and O–H groups in total. The van der Waals surface area contributed by atoms with Crippen LogP contribution in [-0.2, 0) is 4.74 Å². The Morgan fingerprint density at radius 3 is 2.61 bits per heavy atom. The maximum absolute atomic E-state index is 10.3. The molecule has 1 aliphatic heterocycles. The van der Waals surface area contributed by atoms with Crippen LogP contribution in [0.3, 0.4) is 0 Å². The number of aliphatic hydroxyl groups excluding tert-OH is 1. The van der Waals surface area contributed by atoms with Crippen molar-refractivity contribution in [2.24, 2.45) is 0 Å². The third-order valence-corrected chi connectivity index (χ3v) is 4.15. The molecular formula is C19H25NO3. The summed E-state index contributed by atoms with van der Waals surface area (Å²) >= 11 is 0. The average molecular weight is 315 g/mol. The van der Waals surface area contributed by atoms with Crippen molar-refractivity contribution in [2.75, 3.05) is 26.2 Å². The van der Waals surface area contributed by atoms with Crippen molar-refractivity contribution in [3.63, 3.8) is 0 Å². The van der Waals surface area contributed by atoms with E-state index in [-0.39, 0.29) is 12.2 Å².